The summed E-state index contributed by atoms with van der Waals surface area (Å²) < 4.78 is 0. The zero-order chi connectivity index (χ0) is 20.9. The predicted molar refractivity (Wildman–Crippen MR) is 122 cm³/mol. The first kappa shape index (κ1) is 20.6. The lowest BCUT2D eigenvalue weighted by Gasteiger charge is -2.35. The fraction of sp³-hybridized carbons (Fsp3) is 0.391. The number of hydrogen-bond donors (Lipinski definition) is 2. The molecule has 3 heterocycles. The fourth-order valence-corrected chi connectivity index (χ4v) is 4.87. The molecule has 1 amide bonds. The number of amides is 1. The van der Waals surface area contributed by atoms with Crippen LogP contribution in [0.15, 0.2) is 42.6 Å². The number of carbonyl (C=O) groups is 2. The molecule has 1 aromatic carbocycles. The van der Waals surface area contributed by atoms with Gasteiger partial charge in [0.05, 0.1) is 17.1 Å². The second-order valence-electron chi connectivity index (χ2n) is 7.75. The molecular weight excluding hydrogens is 396 g/mol. The molecule has 4 rings (SSSR count). The third-order valence-corrected chi connectivity index (χ3v) is 6.73. The number of ketones is 1. The average Bonchev–Trinajstić information content (AvgIpc) is 3.40. The topological polar surface area (TPSA) is 68.4 Å². The molecule has 2 aromatic heterocycles. The van der Waals surface area contributed by atoms with Crippen molar-refractivity contribution in [2.45, 2.75) is 26.3 Å². The quantitative estimate of drug-likeness (QED) is 0.542. The van der Waals surface area contributed by atoms with Crippen LogP contribution < -0.4 is 10.2 Å². The molecule has 30 heavy (non-hydrogen) atoms. The van der Waals surface area contributed by atoms with Gasteiger partial charge in [0.15, 0.2) is 5.78 Å². The van der Waals surface area contributed by atoms with Crippen molar-refractivity contribution in [3.63, 3.8) is 0 Å². The van der Waals surface area contributed by atoms with Crippen molar-refractivity contribution in [1.82, 2.24) is 15.2 Å². The summed E-state index contributed by atoms with van der Waals surface area (Å²) in [4.78, 5) is 33.5. The molecule has 1 aliphatic heterocycles. The number of hydrogen-bond acceptors (Lipinski definition) is 5. The molecular formula is C23H28N4O2S. The molecule has 158 valence electrons. The Kier molecular flexibility index (Phi) is 6.50. The van der Waals surface area contributed by atoms with Crippen molar-refractivity contribution in [2.24, 2.45) is 0 Å². The lowest BCUT2D eigenvalue weighted by molar-refractivity contribution is -0.119. The minimum atomic E-state index is -0.0546. The molecule has 6 nitrogen and oxygen atoms in total. The summed E-state index contributed by atoms with van der Waals surface area (Å²) in [5.41, 5.74) is 2.47. The maximum atomic E-state index is 12.5. The third-order valence-electron chi connectivity index (χ3n) is 5.61. The van der Waals surface area contributed by atoms with Crippen molar-refractivity contribution in [1.29, 1.82) is 0 Å². The van der Waals surface area contributed by atoms with E-state index in [2.05, 4.69) is 50.6 Å². The third kappa shape index (κ3) is 4.91. The molecule has 2 N–H and O–H groups in total. The number of aromatic amines is 1. The fourth-order valence-electron chi connectivity index (χ4n) is 3.95. The van der Waals surface area contributed by atoms with E-state index in [9.17, 15) is 9.59 Å². The van der Waals surface area contributed by atoms with E-state index in [0.29, 0.717) is 13.0 Å². The van der Waals surface area contributed by atoms with E-state index < -0.39 is 0 Å². The smallest absolute Gasteiger partial charge is 0.217 e. The number of piperazine rings is 1. The lowest BCUT2D eigenvalue weighted by atomic mass is 10.1. The van der Waals surface area contributed by atoms with Gasteiger partial charge in [0.1, 0.15) is 0 Å². The van der Waals surface area contributed by atoms with Crippen LogP contribution in [0.4, 0.5) is 5.69 Å². The van der Waals surface area contributed by atoms with Crippen LogP contribution in [0.25, 0.3) is 10.9 Å². The van der Waals surface area contributed by atoms with Gasteiger partial charge >= 0.3 is 0 Å². The predicted octanol–water partition coefficient (Wildman–Crippen LogP) is 3.65. The van der Waals surface area contributed by atoms with Crippen LogP contribution in [0.2, 0.25) is 0 Å². The van der Waals surface area contributed by atoms with Gasteiger partial charge in [0.2, 0.25) is 5.91 Å². The first-order chi connectivity index (χ1) is 14.6. The Morgan fingerprint density at radius 1 is 1.10 bits per heavy atom. The Bertz CT molecular complexity index is 1020. The SMILES string of the molecule is CC(=O)NCc1ccc(C(=O)CCCN2CCN(c3c[nH]c4ccccc34)CC2)s1. The van der Waals surface area contributed by atoms with Crippen molar-refractivity contribution < 1.29 is 9.59 Å². The number of thiophene rings is 1. The highest BCUT2D eigenvalue weighted by atomic mass is 32.1. The molecule has 0 radical (unpaired) electrons. The summed E-state index contributed by atoms with van der Waals surface area (Å²) in [6, 6.07) is 12.2. The average molecular weight is 425 g/mol. The highest BCUT2D eigenvalue weighted by Crippen LogP contribution is 2.27. The van der Waals surface area contributed by atoms with Gasteiger partial charge in [-0.1, -0.05) is 18.2 Å². The first-order valence-electron chi connectivity index (χ1n) is 10.5. The van der Waals surface area contributed by atoms with Gasteiger partial charge in [-0.15, -0.1) is 11.3 Å². The van der Waals surface area contributed by atoms with Gasteiger partial charge < -0.3 is 15.2 Å². The summed E-state index contributed by atoms with van der Waals surface area (Å²) in [6.07, 6.45) is 3.56. The van der Waals surface area contributed by atoms with E-state index in [4.69, 9.17) is 0 Å². The number of aromatic nitrogens is 1. The summed E-state index contributed by atoms with van der Waals surface area (Å²) in [5.74, 6) is 0.146. The maximum Gasteiger partial charge on any atom is 0.217 e. The van der Waals surface area contributed by atoms with Crippen LogP contribution in [-0.2, 0) is 11.3 Å². The van der Waals surface area contributed by atoms with Crippen molar-refractivity contribution in [3.8, 4) is 0 Å². The number of anilines is 1. The molecule has 7 heteroatoms. The summed E-state index contributed by atoms with van der Waals surface area (Å²) in [5, 5.41) is 4.05. The lowest BCUT2D eigenvalue weighted by Crippen LogP contribution is -2.46. The Morgan fingerprint density at radius 3 is 2.70 bits per heavy atom. The highest BCUT2D eigenvalue weighted by molar-refractivity contribution is 7.14. The minimum absolute atomic E-state index is 0.0546. The second kappa shape index (κ2) is 9.45. The molecule has 1 aliphatic rings. The van der Waals surface area contributed by atoms with E-state index in [1.54, 1.807) is 0 Å². The van der Waals surface area contributed by atoms with Crippen molar-refractivity contribution in [2.75, 3.05) is 37.6 Å². The van der Waals surface area contributed by atoms with E-state index in [0.717, 1.165) is 48.9 Å². The molecule has 0 saturated carbocycles. The number of nitrogens with zero attached hydrogens (tertiary/aromatic N) is 2. The van der Waals surface area contributed by atoms with Crippen LogP contribution in [0, 0.1) is 0 Å². The van der Waals surface area contributed by atoms with Crippen molar-refractivity contribution >= 4 is 39.6 Å². The number of carbonyl (C=O) groups excluding carboxylic acids is 2. The van der Waals surface area contributed by atoms with Gasteiger partial charge in [-0.05, 0) is 31.2 Å². The Balaban J connectivity index is 1.20. The summed E-state index contributed by atoms with van der Waals surface area (Å²) >= 11 is 1.48. The van der Waals surface area contributed by atoms with Gasteiger partial charge in [-0.25, -0.2) is 0 Å². The van der Waals surface area contributed by atoms with Gasteiger partial charge in [0.25, 0.3) is 0 Å². The van der Waals surface area contributed by atoms with E-state index in [-0.39, 0.29) is 11.7 Å². The molecule has 0 spiro atoms. The molecule has 0 aliphatic carbocycles. The summed E-state index contributed by atoms with van der Waals surface area (Å²) in [6.45, 7) is 7.01. The van der Waals surface area contributed by atoms with Crippen LogP contribution in [-0.4, -0.2) is 54.3 Å². The number of nitrogens with one attached hydrogen (secondary N) is 2. The Labute approximate surface area is 180 Å². The molecule has 3 aromatic rings. The van der Waals surface area contributed by atoms with Crippen LogP contribution >= 0.6 is 11.3 Å². The number of fused-ring (bicyclic) bond motifs is 1. The molecule has 0 bridgehead atoms. The standard InChI is InChI=1S/C23H28N4O2S/c1-17(28)24-15-18-8-9-23(30-18)22(29)7-4-10-26-11-13-27(14-12-26)21-16-25-20-6-3-2-5-19(20)21/h2-3,5-6,8-9,16,25H,4,7,10-15H2,1H3,(H,24,28). The molecule has 1 saturated heterocycles. The largest absolute Gasteiger partial charge is 0.367 e. The van der Waals surface area contributed by atoms with Crippen molar-refractivity contribution in [3.05, 3.63) is 52.3 Å². The number of H-pyrrole nitrogens is 1. The monoisotopic (exact) mass is 424 g/mol. The normalized spacial score (nSPS) is 14.9. The van der Waals surface area contributed by atoms with E-state index >= 15 is 0 Å². The number of para-hydroxylation sites is 1. The number of Topliss-reactive ketones (excluding diaryl/α,β-unsaturated/α-hetero) is 1. The van der Waals surface area contributed by atoms with Gasteiger partial charge in [-0.3, -0.25) is 14.5 Å². The van der Waals surface area contributed by atoms with Gasteiger partial charge in [0, 0.05) is 61.5 Å². The zero-order valence-corrected chi connectivity index (χ0v) is 18.1. The second-order valence-corrected chi connectivity index (χ2v) is 8.92. The van der Waals surface area contributed by atoms with E-state index in [1.807, 2.05) is 12.1 Å². The van der Waals surface area contributed by atoms with Crippen LogP contribution in [0.3, 0.4) is 0 Å². The minimum Gasteiger partial charge on any atom is -0.367 e. The Hall–Kier alpha value is -2.64. The van der Waals surface area contributed by atoms with Crippen LogP contribution in [0.1, 0.15) is 34.3 Å². The molecule has 1 fully saturated rings. The molecule has 0 unspecified atom stereocenters. The number of benzene rings is 1. The van der Waals surface area contributed by atoms with Crippen LogP contribution in [0.5, 0.6) is 0 Å². The molecule has 0 atom stereocenters. The Morgan fingerprint density at radius 2 is 1.90 bits per heavy atom. The zero-order valence-electron chi connectivity index (χ0n) is 17.3. The highest BCUT2D eigenvalue weighted by Gasteiger charge is 2.19. The maximum absolute atomic E-state index is 12.5. The number of rotatable bonds is 8. The van der Waals surface area contributed by atoms with E-state index in [1.165, 1.54) is 34.9 Å². The first-order valence-corrected chi connectivity index (χ1v) is 11.3. The summed E-state index contributed by atoms with van der Waals surface area (Å²) in [7, 11) is 0. The van der Waals surface area contributed by atoms with Gasteiger partial charge in [-0.2, -0.15) is 0 Å².